The van der Waals surface area contributed by atoms with Crippen LogP contribution in [0.2, 0.25) is 0 Å². The molecule has 1 spiro atoms. The van der Waals surface area contributed by atoms with Crippen molar-refractivity contribution in [2.75, 3.05) is 19.6 Å². The summed E-state index contributed by atoms with van der Waals surface area (Å²) in [5, 5.41) is 10.7. The highest BCUT2D eigenvalue weighted by Crippen LogP contribution is 2.44. The monoisotopic (exact) mass is 384 g/mol. The molecule has 2 fully saturated rings. The highest BCUT2D eigenvalue weighted by Gasteiger charge is 2.49. The molecule has 1 atom stereocenters. The Kier molecular flexibility index (Phi) is 4.70. The van der Waals surface area contributed by atoms with E-state index in [4.69, 9.17) is 4.42 Å². The molecule has 0 radical (unpaired) electrons. The van der Waals surface area contributed by atoms with Gasteiger partial charge in [-0.05, 0) is 69.3 Å². The highest BCUT2D eigenvalue weighted by atomic mass is 16.4. The molecule has 3 heterocycles. The smallest absolute Gasteiger partial charge is 0.326 e. The first-order chi connectivity index (χ1) is 13.3. The van der Waals surface area contributed by atoms with E-state index in [2.05, 4.69) is 30.9 Å². The van der Waals surface area contributed by atoms with E-state index in [0.29, 0.717) is 13.0 Å². The van der Waals surface area contributed by atoms with Crippen molar-refractivity contribution in [2.45, 2.75) is 52.6 Å². The Morgan fingerprint density at radius 3 is 2.57 bits per heavy atom. The molecule has 6 heteroatoms. The van der Waals surface area contributed by atoms with Crippen LogP contribution in [0.25, 0.3) is 11.0 Å². The third kappa shape index (κ3) is 3.30. The first-order valence-corrected chi connectivity index (χ1v) is 9.99. The summed E-state index contributed by atoms with van der Waals surface area (Å²) in [7, 11) is 0. The van der Waals surface area contributed by atoms with Crippen LogP contribution in [-0.2, 0) is 16.1 Å². The van der Waals surface area contributed by atoms with E-state index in [1.165, 1.54) is 23.4 Å². The molecule has 0 saturated carbocycles. The lowest BCUT2D eigenvalue weighted by Crippen LogP contribution is -2.42. The number of aliphatic carboxylic acids is 1. The molecular formula is C22H28N2O4. The molecule has 2 aliphatic heterocycles. The lowest BCUT2D eigenvalue weighted by Gasteiger charge is -2.38. The summed E-state index contributed by atoms with van der Waals surface area (Å²) in [5.41, 5.74) is 3.30. The second-order valence-corrected chi connectivity index (χ2v) is 8.63. The second-order valence-electron chi connectivity index (χ2n) is 8.63. The molecule has 0 bridgehead atoms. The fourth-order valence-electron chi connectivity index (χ4n) is 4.89. The molecule has 28 heavy (non-hydrogen) atoms. The molecule has 4 rings (SSSR count). The molecule has 1 aromatic heterocycles. The van der Waals surface area contributed by atoms with Crippen molar-refractivity contribution < 1.29 is 19.1 Å². The molecule has 2 aliphatic rings. The number of aryl methyl sites for hydroxylation is 2. The van der Waals surface area contributed by atoms with Gasteiger partial charge in [-0.1, -0.05) is 11.6 Å². The van der Waals surface area contributed by atoms with Crippen LogP contribution in [0.4, 0.5) is 0 Å². The summed E-state index contributed by atoms with van der Waals surface area (Å²) in [6, 6.07) is 5.60. The number of piperidine rings is 1. The third-order valence-corrected chi connectivity index (χ3v) is 6.67. The zero-order valence-electron chi connectivity index (χ0n) is 16.8. The predicted molar refractivity (Wildman–Crippen MR) is 106 cm³/mol. The first kappa shape index (κ1) is 19.0. The summed E-state index contributed by atoms with van der Waals surface area (Å²) >= 11 is 0. The van der Waals surface area contributed by atoms with Gasteiger partial charge in [-0.25, -0.2) is 4.79 Å². The van der Waals surface area contributed by atoms with Crippen LogP contribution in [0.3, 0.4) is 0 Å². The van der Waals surface area contributed by atoms with Crippen molar-refractivity contribution in [3.8, 4) is 0 Å². The summed E-state index contributed by atoms with van der Waals surface area (Å²) in [5.74, 6) is -0.0145. The topological polar surface area (TPSA) is 74.0 Å². The van der Waals surface area contributed by atoms with Crippen LogP contribution >= 0.6 is 0 Å². The van der Waals surface area contributed by atoms with Gasteiger partial charge in [-0.3, -0.25) is 9.69 Å². The van der Waals surface area contributed by atoms with E-state index < -0.39 is 12.0 Å². The molecule has 150 valence electrons. The number of carboxylic acids is 1. The SMILES string of the molecule is CC(=O)N1CC2(CCN(Cc3oc4ccc(C)cc4c3C)CC2)C[C@H]1C(=O)O. The van der Waals surface area contributed by atoms with E-state index >= 15 is 0 Å². The Bertz CT molecular complexity index is 900. The fourth-order valence-corrected chi connectivity index (χ4v) is 4.89. The van der Waals surface area contributed by atoms with Gasteiger partial charge in [0.1, 0.15) is 17.4 Å². The van der Waals surface area contributed by atoms with Crippen LogP contribution in [0.5, 0.6) is 0 Å². The van der Waals surface area contributed by atoms with E-state index in [1.807, 2.05) is 6.07 Å². The van der Waals surface area contributed by atoms with Gasteiger partial charge < -0.3 is 14.4 Å². The highest BCUT2D eigenvalue weighted by molar-refractivity contribution is 5.83. The van der Waals surface area contributed by atoms with Crippen LogP contribution in [0, 0.1) is 19.3 Å². The summed E-state index contributed by atoms with van der Waals surface area (Å²) in [4.78, 5) is 27.4. The van der Waals surface area contributed by atoms with Crippen molar-refractivity contribution in [3.05, 3.63) is 35.1 Å². The number of carbonyl (C=O) groups excluding carboxylic acids is 1. The summed E-state index contributed by atoms with van der Waals surface area (Å²) < 4.78 is 6.10. The van der Waals surface area contributed by atoms with Crippen molar-refractivity contribution >= 4 is 22.8 Å². The zero-order valence-corrected chi connectivity index (χ0v) is 16.8. The van der Waals surface area contributed by atoms with E-state index in [1.54, 1.807) is 4.90 Å². The molecule has 2 saturated heterocycles. The maximum absolute atomic E-state index is 11.9. The van der Waals surface area contributed by atoms with Gasteiger partial charge in [0.25, 0.3) is 0 Å². The quantitative estimate of drug-likeness (QED) is 0.879. The number of carbonyl (C=O) groups is 2. The predicted octanol–water partition coefficient (Wildman–Crippen LogP) is 3.34. The largest absolute Gasteiger partial charge is 0.480 e. The molecule has 2 aromatic rings. The normalized spacial score (nSPS) is 22.2. The Morgan fingerprint density at radius 2 is 1.96 bits per heavy atom. The number of nitrogens with zero attached hydrogens (tertiary/aromatic N) is 2. The lowest BCUT2D eigenvalue weighted by atomic mass is 9.76. The van der Waals surface area contributed by atoms with Crippen molar-refractivity contribution in [1.29, 1.82) is 0 Å². The van der Waals surface area contributed by atoms with Gasteiger partial charge >= 0.3 is 5.97 Å². The third-order valence-electron chi connectivity index (χ3n) is 6.67. The molecule has 1 aromatic carbocycles. The maximum Gasteiger partial charge on any atom is 0.326 e. The molecule has 0 aliphatic carbocycles. The number of furan rings is 1. The van der Waals surface area contributed by atoms with Gasteiger partial charge in [-0.15, -0.1) is 0 Å². The van der Waals surface area contributed by atoms with Crippen LogP contribution in [-0.4, -0.2) is 52.5 Å². The second kappa shape index (κ2) is 6.92. The number of rotatable bonds is 3. The van der Waals surface area contributed by atoms with Gasteiger partial charge in [-0.2, -0.15) is 0 Å². The van der Waals surface area contributed by atoms with E-state index in [-0.39, 0.29) is 11.3 Å². The average molecular weight is 384 g/mol. The van der Waals surface area contributed by atoms with Crippen molar-refractivity contribution in [3.63, 3.8) is 0 Å². The Hall–Kier alpha value is -2.34. The molecule has 0 unspecified atom stereocenters. The maximum atomic E-state index is 11.9. The Labute approximate surface area is 165 Å². The molecule has 1 N–H and O–H groups in total. The number of likely N-dealkylation sites (tertiary alicyclic amines) is 2. The number of benzene rings is 1. The standard InChI is InChI=1S/C22H28N2O4/c1-14-4-5-19-17(10-14)15(2)20(28-19)12-23-8-6-22(7-9-23)11-18(21(26)27)24(13-22)16(3)25/h4-5,10,18H,6-9,11-13H2,1-3H3,(H,26,27)/t18-/m0/s1. The van der Waals surface area contributed by atoms with Crippen LogP contribution in [0.1, 0.15) is 43.1 Å². The lowest BCUT2D eigenvalue weighted by molar-refractivity contribution is -0.147. The van der Waals surface area contributed by atoms with Crippen LogP contribution in [0.15, 0.2) is 22.6 Å². The average Bonchev–Trinajstić information content (AvgIpc) is 3.17. The number of carboxylic acid groups (broad SMARTS) is 1. The van der Waals surface area contributed by atoms with Crippen molar-refractivity contribution in [2.24, 2.45) is 5.41 Å². The number of fused-ring (bicyclic) bond motifs is 1. The summed E-state index contributed by atoms with van der Waals surface area (Å²) in [6.07, 6.45) is 2.40. The number of amides is 1. The first-order valence-electron chi connectivity index (χ1n) is 9.99. The van der Waals surface area contributed by atoms with Gasteiger partial charge in [0, 0.05) is 18.9 Å². The number of hydrogen-bond acceptors (Lipinski definition) is 4. The van der Waals surface area contributed by atoms with Crippen LogP contribution < -0.4 is 0 Å². The Balaban J connectivity index is 1.44. The minimum absolute atomic E-state index is 0.0642. The van der Waals surface area contributed by atoms with Gasteiger partial charge in [0.05, 0.1) is 6.54 Å². The zero-order chi connectivity index (χ0) is 20.1. The van der Waals surface area contributed by atoms with Crippen molar-refractivity contribution in [1.82, 2.24) is 9.80 Å². The fraction of sp³-hybridized carbons (Fsp3) is 0.545. The molecular weight excluding hydrogens is 356 g/mol. The minimum Gasteiger partial charge on any atom is -0.480 e. The van der Waals surface area contributed by atoms with Gasteiger partial charge in [0.2, 0.25) is 5.91 Å². The minimum atomic E-state index is -0.886. The summed E-state index contributed by atoms with van der Waals surface area (Å²) in [6.45, 7) is 8.80. The molecule has 1 amide bonds. The Morgan fingerprint density at radius 1 is 1.25 bits per heavy atom. The van der Waals surface area contributed by atoms with E-state index in [0.717, 1.165) is 43.8 Å². The van der Waals surface area contributed by atoms with Gasteiger partial charge in [0.15, 0.2) is 0 Å². The van der Waals surface area contributed by atoms with E-state index in [9.17, 15) is 14.7 Å². The molecule has 6 nitrogen and oxygen atoms in total. The number of hydrogen-bond donors (Lipinski definition) is 1.